The van der Waals surface area contributed by atoms with Crippen molar-refractivity contribution < 1.29 is 23.7 Å². The van der Waals surface area contributed by atoms with E-state index >= 15 is 0 Å². The third kappa shape index (κ3) is 3.72. The molecule has 0 N–H and O–H groups in total. The first-order chi connectivity index (χ1) is 14.7. The molecule has 0 saturated carbocycles. The molecule has 8 heteroatoms. The highest BCUT2D eigenvalue weighted by Crippen LogP contribution is 2.36. The Bertz CT molecular complexity index is 1040. The number of fused-ring (bicyclic) bond motifs is 1. The second-order valence-corrected chi connectivity index (χ2v) is 6.91. The van der Waals surface area contributed by atoms with Gasteiger partial charge in [0.15, 0.2) is 23.0 Å². The number of rotatable bonds is 7. The number of hydrogen-bond acceptors (Lipinski definition) is 8. The molecule has 30 heavy (non-hydrogen) atoms. The topological polar surface area (TPSA) is 75.2 Å². The maximum atomic E-state index is 6.20. The van der Waals surface area contributed by atoms with Crippen molar-refractivity contribution in [1.82, 2.24) is 9.97 Å². The normalized spacial score (nSPS) is 15.9. The van der Waals surface area contributed by atoms with Gasteiger partial charge in [0.05, 0.1) is 40.5 Å². The standard InChI is InChI=1S/C22H25N3O5/c1-26-18-6-5-14(9-19(18)27-2)30-15-7-8-25(12-15)22-16-10-20(28-3)21(29-4)11-17(16)23-13-24-22/h5-6,9-11,13,15H,7-8,12H2,1-4H3. The van der Waals surface area contributed by atoms with Crippen LogP contribution in [0, 0.1) is 0 Å². The lowest BCUT2D eigenvalue weighted by Gasteiger charge is -2.20. The fraction of sp³-hybridized carbons (Fsp3) is 0.364. The van der Waals surface area contributed by atoms with Crippen molar-refractivity contribution in [1.29, 1.82) is 0 Å². The van der Waals surface area contributed by atoms with Crippen molar-refractivity contribution in [2.75, 3.05) is 46.4 Å². The fourth-order valence-corrected chi connectivity index (χ4v) is 3.72. The van der Waals surface area contributed by atoms with Crippen molar-refractivity contribution in [3.8, 4) is 28.7 Å². The molecule has 0 amide bonds. The van der Waals surface area contributed by atoms with Crippen LogP contribution in [0.4, 0.5) is 5.82 Å². The van der Waals surface area contributed by atoms with Crippen molar-refractivity contribution in [2.45, 2.75) is 12.5 Å². The summed E-state index contributed by atoms with van der Waals surface area (Å²) in [5, 5.41) is 0.918. The van der Waals surface area contributed by atoms with E-state index in [0.29, 0.717) is 23.0 Å². The monoisotopic (exact) mass is 411 g/mol. The zero-order valence-corrected chi connectivity index (χ0v) is 17.5. The van der Waals surface area contributed by atoms with E-state index in [1.165, 1.54) is 0 Å². The molecule has 0 bridgehead atoms. The van der Waals surface area contributed by atoms with Gasteiger partial charge in [0.25, 0.3) is 0 Å². The predicted molar refractivity (Wildman–Crippen MR) is 113 cm³/mol. The number of nitrogens with zero attached hydrogens (tertiary/aromatic N) is 3. The minimum Gasteiger partial charge on any atom is -0.493 e. The van der Waals surface area contributed by atoms with E-state index < -0.39 is 0 Å². The number of anilines is 1. The summed E-state index contributed by atoms with van der Waals surface area (Å²) >= 11 is 0. The van der Waals surface area contributed by atoms with Gasteiger partial charge in [-0.25, -0.2) is 9.97 Å². The lowest BCUT2D eigenvalue weighted by Crippen LogP contribution is -2.25. The van der Waals surface area contributed by atoms with Crippen LogP contribution < -0.4 is 28.6 Å². The Morgan fingerprint density at radius 2 is 1.53 bits per heavy atom. The Morgan fingerprint density at radius 3 is 2.27 bits per heavy atom. The van der Waals surface area contributed by atoms with Gasteiger partial charge >= 0.3 is 0 Å². The van der Waals surface area contributed by atoms with Gasteiger partial charge in [-0.05, 0) is 18.2 Å². The molecule has 2 aromatic carbocycles. The summed E-state index contributed by atoms with van der Waals surface area (Å²) in [7, 11) is 6.46. The first kappa shape index (κ1) is 19.9. The highest BCUT2D eigenvalue weighted by atomic mass is 16.5. The Morgan fingerprint density at radius 1 is 0.833 bits per heavy atom. The Labute approximate surface area is 175 Å². The molecule has 0 radical (unpaired) electrons. The highest BCUT2D eigenvalue weighted by Gasteiger charge is 2.27. The number of ether oxygens (including phenoxy) is 5. The largest absolute Gasteiger partial charge is 0.493 e. The molecule has 1 atom stereocenters. The number of methoxy groups -OCH3 is 4. The molecular weight excluding hydrogens is 386 g/mol. The smallest absolute Gasteiger partial charge is 0.164 e. The van der Waals surface area contributed by atoms with E-state index in [1.807, 2.05) is 30.3 Å². The summed E-state index contributed by atoms with van der Waals surface area (Å²) in [4.78, 5) is 11.1. The van der Waals surface area contributed by atoms with Crippen LogP contribution in [0.3, 0.4) is 0 Å². The van der Waals surface area contributed by atoms with Crippen molar-refractivity contribution in [2.24, 2.45) is 0 Å². The SMILES string of the molecule is COc1ccc(OC2CCN(c3ncnc4cc(OC)c(OC)cc34)C2)cc1OC. The maximum Gasteiger partial charge on any atom is 0.164 e. The molecule has 1 fully saturated rings. The minimum absolute atomic E-state index is 0.0354. The second kappa shape index (κ2) is 8.52. The first-order valence-electron chi connectivity index (χ1n) is 9.67. The Hall–Kier alpha value is -3.42. The predicted octanol–water partition coefficient (Wildman–Crippen LogP) is 3.32. The quantitative estimate of drug-likeness (QED) is 0.586. The van der Waals surface area contributed by atoms with Crippen molar-refractivity contribution in [3.63, 3.8) is 0 Å². The van der Waals surface area contributed by atoms with Crippen LogP contribution in [0.5, 0.6) is 28.7 Å². The van der Waals surface area contributed by atoms with Gasteiger partial charge in [-0.2, -0.15) is 0 Å². The van der Waals surface area contributed by atoms with Crippen LogP contribution in [0.1, 0.15) is 6.42 Å². The lowest BCUT2D eigenvalue weighted by atomic mass is 10.2. The van der Waals surface area contributed by atoms with Crippen LogP contribution in [0.15, 0.2) is 36.7 Å². The van der Waals surface area contributed by atoms with Gasteiger partial charge in [0.1, 0.15) is 24.0 Å². The van der Waals surface area contributed by atoms with E-state index in [4.69, 9.17) is 23.7 Å². The van der Waals surface area contributed by atoms with E-state index in [0.717, 1.165) is 42.0 Å². The number of benzene rings is 2. The molecule has 0 spiro atoms. The van der Waals surface area contributed by atoms with Gasteiger partial charge in [-0.3, -0.25) is 0 Å². The third-order valence-electron chi connectivity index (χ3n) is 5.22. The Balaban J connectivity index is 1.55. The molecule has 158 valence electrons. The van der Waals surface area contributed by atoms with Crippen LogP contribution in [0.25, 0.3) is 10.9 Å². The molecule has 1 aliphatic heterocycles. The first-order valence-corrected chi connectivity index (χ1v) is 9.67. The molecule has 1 aromatic heterocycles. The van der Waals surface area contributed by atoms with Crippen LogP contribution >= 0.6 is 0 Å². The molecule has 2 heterocycles. The van der Waals surface area contributed by atoms with Gasteiger partial charge in [0, 0.05) is 30.5 Å². The summed E-state index contributed by atoms with van der Waals surface area (Å²) in [6.07, 6.45) is 2.49. The third-order valence-corrected chi connectivity index (χ3v) is 5.22. The van der Waals surface area contributed by atoms with E-state index in [9.17, 15) is 0 Å². The summed E-state index contributed by atoms with van der Waals surface area (Å²) < 4.78 is 27.7. The molecule has 1 saturated heterocycles. The second-order valence-electron chi connectivity index (χ2n) is 6.91. The average Bonchev–Trinajstić information content (AvgIpc) is 3.25. The van der Waals surface area contributed by atoms with Gasteiger partial charge in [-0.15, -0.1) is 0 Å². The molecular formula is C22H25N3O5. The molecule has 1 aliphatic rings. The molecule has 8 nitrogen and oxygen atoms in total. The molecule has 3 aromatic rings. The Kier molecular flexibility index (Phi) is 5.65. The van der Waals surface area contributed by atoms with Gasteiger partial charge in [0.2, 0.25) is 0 Å². The van der Waals surface area contributed by atoms with Crippen LogP contribution in [0.2, 0.25) is 0 Å². The van der Waals surface area contributed by atoms with Crippen LogP contribution in [-0.2, 0) is 0 Å². The molecule has 4 rings (SSSR count). The van der Waals surface area contributed by atoms with Crippen molar-refractivity contribution >= 4 is 16.7 Å². The van der Waals surface area contributed by atoms with Crippen LogP contribution in [-0.4, -0.2) is 57.6 Å². The average molecular weight is 411 g/mol. The summed E-state index contributed by atoms with van der Waals surface area (Å²) in [6.45, 7) is 1.55. The van der Waals surface area contributed by atoms with Crippen molar-refractivity contribution in [3.05, 3.63) is 36.7 Å². The molecule has 0 aliphatic carbocycles. The maximum absolute atomic E-state index is 6.20. The zero-order valence-electron chi connectivity index (χ0n) is 17.5. The van der Waals surface area contributed by atoms with Gasteiger partial charge in [-0.1, -0.05) is 0 Å². The zero-order chi connectivity index (χ0) is 21.1. The summed E-state index contributed by atoms with van der Waals surface area (Å²) in [5.74, 6) is 4.23. The van der Waals surface area contributed by atoms with E-state index in [-0.39, 0.29) is 6.10 Å². The van der Waals surface area contributed by atoms with Gasteiger partial charge < -0.3 is 28.6 Å². The van der Waals surface area contributed by atoms with E-state index in [1.54, 1.807) is 34.8 Å². The summed E-state index contributed by atoms with van der Waals surface area (Å²) in [5.41, 5.74) is 0.807. The lowest BCUT2D eigenvalue weighted by molar-refractivity contribution is 0.223. The number of aromatic nitrogens is 2. The summed E-state index contributed by atoms with van der Waals surface area (Å²) in [6, 6.07) is 9.37. The fourth-order valence-electron chi connectivity index (χ4n) is 3.72. The number of hydrogen-bond donors (Lipinski definition) is 0. The van der Waals surface area contributed by atoms with E-state index in [2.05, 4.69) is 14.9 Å². The highest BCUT2D eigenvalue weighted by molar-refractivity contribution is 5.92. The molecule has 1 unspecified atom stereocenters. The minimum atomic E-state index is 0.0354.